The molecule has 0 atom stereocenters. The predicted molar refractivity (Wildman–Crippen MR) is 94.8 cm³/mol. The lowest BCUT2D eigenvalue weighted by molar-refractivity contribution is 0.292. The van der Waals surface area contributed by atoms with Gasteiger partial charge in [-0.3, -0.25) is 0 Å². The molecule has 1 aromatic carbocycles. The molecule has 1 aliphatic heterocycles. The highest BCUT2D eigenvalue weighted by Crippen LogP contribution is 2.50. The lowest BCUT2D eigenvalue weighted by Crippen LogP contribution is -2.27. The Morgan fingerprint density at radius 1 is 1.11 bits per heavy atom. The van der Waals surface area contributed by atoms with Crippen molar-refractivity contribution in [1.82, 2.24) is 0 Å². The minimum atomic E-state index is 0.389. The molecule has 0 saturated carbocycles. The Labute approximate surface area is 142 Å². The van der Waals surface area contributed by atoms with E-state index >= 15 is 0 Å². The van der Waals surface area contributed by atoms with Crippen molar-refractivity contribution in [3.05, 3.63) is 32.2 Å². The Hall–Kier alpha value is 0.980. The van der Waals surface area contributed by atoms with Gasteiger partial charge in [0.1, 0.15) is 0 Å². The van der Waals surface area contributed by atoms with Crippen LogP contribution in [0.2, 0.25) is 10.0 Å². The third-order valence-corrected chi connectivity index (χ3v) is 8.46. The molecule has 0 bridgehead atoms. The molecule has 0 unspecified atom stereocenters. The quantitative estimate of drug-likeness (QED) is 0.471. The first-order valence-corrected chi connectivity index (χ1v) is 9.81. The van der Waals surface area contributed by atoms with Gasteiger partial charge in [0.2, 0.25) is 0 Å². The Morgan fingerprint density at radius 3 is 2.00 bits per heavy atom. The SMILES string of the molecule is CC(C)(C)C1CSC(c2cc(Cl)c(Br)c(Cl)c2)SC1. The second-order valence-corrected chi connectivity index (χ2v) is 10.0. The van der Waals surface area contributed by atoms with Crippen LogP contribution in [0.25, 0.3) is 0 Å². The maximum Gasteiger partial charge on any atom is 0.0752 e. The smallest absolute Gasteiger partial charge is 0.0752 e. The van der Waals surface area contributed by atoms with Crippen LogP contribution in [0.1, 0.15) is 30.9 Å². The van der Waals surface area contributed by atoms with Crippen molar-refractivity contribution in [2.45, 2.75) is 25.4 Å². The fourth-order valence-corrected chi connectivity index (χ4v) is 6.35. The van der Waals surface area contributed by atoms with E-state index in [-0.39, 0.29) is 0 Å². The van der Waals surface area contributed by atoms with Gasteiger partial charge in [0, 0.05) is 0 Å². The van der Waals surface area contributed by atoms with Crippen LogP contribution < -0.4 is 0 Å². The third kappa shape index (κ3) is 4.00. The van der Waals surface area contributed by atoms with Gasteiger partial charge in [-0.25, -0.2) is 0 Å². The van der Waals surface area contributed by atoms with E-state index in [2.05, 4.69) is 36.7 Å². The first-order chi connectivity index (χ1) is 8.79. The first-order valence-electron chi connectivity index (χ1n) is 6.16. The first kappa shape index (κ1) is 16.4. The highest BCUT2D eigenvalue weighted by molar-refractivity contribution is 9.10. The molecule has 0 amide bonds. The summed E-state index contributed by atoms with van der Waals surface area (Å²) in [5, 5.41) is 1.39. The van der Waals surface area contributed by atoms with Gasteiger partial charge in [0.25, 0.3) is 0 Å². The molecule has 1 heterocycles. The average molecular weight is 400 g/mol. The number of hydrogen-bond donors (Lipinski definition) is 0. The lowest BCUT2D eigenvalue weighted by Gasteiger charge is -2.36. The number of thioether (sulfide) groups is 2. The highest BCUT2D eigenvalue weighted by atomic mass is 79.9. The minimum absolute atomic E-state index is 0.389. The van der Waals surface area contributed by atoms with E-state index in [1.807, 2.05) is 35.7 Å². The molecule has 2 rings (SSSR count). The Balaban J connectivity index is 2.10. The third-order valence-electron chi connectivity index (χ3n) is 3.40. The summed E-state index contributed by atoms with van der Waals surface area (Å²) in [4.78, 5) is 0. The van der Waals surface area contributed by atoms with Crippen LogP contribution in [-0.4, -0.2) is 11.5 Å². The van der Waals surface area contributed by atoms with Crippen LogP contribution in [0.15, 0.2) is 16.6 Å². The van der Waals surface area contributed by atoms with Crippen LogP contribution in [0.4, 0.5) is 0 Å². The van der Waals surface area contributed by atoms with Gasteiger partial charge in [-0.15, -0.1) is 23.5 Å². The molecule has 0 aliphatic carbocycles. The molecule has 0 radical (unpaired) electrons. The van der Waals surface area contributed by atoms with Crippen molar-refractivity contribution in [1.29, 1.82) is 0 Å². The predicted octanol–water partition coefficient (Wildman–Crippen LogP) is 6.90. The molecule has 19 heavy (non-hydrogen) atoms. The zero-order chi connectivity index (χ0) is 14.2. The molecular weight excluding hydrogens is 383 g/mol. The van der Waals surface area contributed by atoms with Crippen molar-refractivity contribution >= 4 is 62.7 Å². The van der Waals surface area contributed by atoms with E-state index in [9.17, 15) is 0 Å². The van der Waals surface area contributed by atoms with Gasteiger partial charge < -0.3 is 0 Å². The number of benzene rings is 1. The van der Waals surface area contributed by atoms with E-state index in [0.717, 1.165) is 10.4 Å². The molecule has 0 spiro atoms. The fourth-order valence-electron chi connectivity index (χ4n) is 1.91. The zero-order valence-electron chi connectivity index (χ0n) is 11.2. The molecule has 106 valence electrons. The summed E-state index contributed by atoms with van der Waals surface area (Å²) < 4.78 is 1.24. The summed E-state index contributed by atoms with van der Waals surface area (Å²) in [5.41, 5.74) is 1.61. The van der Waals surface area contributed by atoms with Crippen molar-refractivity contribution < 1.29 is 0 Å². The standard InChI is InChI=1S/C14H17BrCl2S2/c1-14(2,3)9-6-18-13(19-7-9)8-4-10(16)12(15)11(17)5-8/h4-5,9,13H,6-7H2,1-3H3. The van der Waals surface area contributed by atoms with Crippen LogP contribution in [-0.2, 0) is 0 Å². The van der Waals surface area contributed by atoms with Gasteiger partial charge >= 0.3 is 0 Å². The molecule has 0 aromatic heterocycles. The van der Waals surface area contributed by atoms with E-state index in [1.165, 1.54) is 17.1 Å². The number of hydrogen-bond acceptors (Lipinski definition) is 2. The average Bonchev–Trinajstić information content (AvgIpc) is 2.34. The van der Waals surface area contributed by atoms with Crippen LogP contribution in [0.3, 0.4) is 0 Å². The van der Waals surface area contributed by atoms with Crippen molar-refractivity contribution in [3.63, 3.8) is 0 Å². The Morgan fingerprint density at radius 2 is 1.58 bits per heavy atom. The Bertz CT molecular complexity index is 440. The zero-order valence-corrected chi connectivity index (χ0v) is 15.9. The summed E-state index contributed by atoms with van der Waals surface area (Å²) >= 11 is 19.8. The monoisotopic (exact) mass is 398 g/mol. The van der Waals surface area contributed by atoms with E-state index < -0.39 is 0 Å². The second kappa shape index (κ2) is 6.39. The number of halogens is 3. The number of rotatable bonds is 1. The topological polar surface area (TPSA) is 0 Å². The van der Waals surface area contributed by atoms with Gasteiger partial charge in [-0.1, -0.05) is 44.0 Å². The maximum atomic E-state index is 6.19. The second-order valence-electron chi connectivity index (χ2n) is 5.86. The van der Waals surface area contributed by atoms with Crippen molar-refractivity contribution in [2.24, 2.45) is 11.3 Å². The molecule has 1 aromatic rings. The van der Waals surface area contributed by atoms with Crippen LogP contribution >= 0.6 is 62.7 Å². The summed E-state index contributed by atoms with van der Waals surface area (Å²) in [7, 11) is 0. The fraction of sp³-hybridized carbons (Fsp3) is 0.571. The molecule has 1 aliphatic rings. The minimum Gasteiger partial charge on any atom is -0.142 e. The molecular formula is C14H17BrCl2S2. The summed E-state index contributed by atoms with van der Waals surface area (Å²) in [6, 6.07) is 4.05. The van der Waals surface area contributed by atoms with Gasteiger partial charge in [-0.05, 0) is 56.5 Å². The summed E-state index contributed by atoms with van der Waals surface area (Å²) in [5.74, 6) is 3.17. The van der Waals surface area contributed by atoms with Gasteiger partial charge in [0.15, 0.2) is 0 Å². The van der Waals surface area contributed by atoms with Gasteiger partial charge in [-0.2, -0.15) is 0 Å². The van der Waals surface area contributed by atoms with Gasteiger partial charge in [0.05, 0.1) is 19.1 Å². The van der Waals surface area contributed by atoms with E-state index in [4.69, 9.17) is 23.2 Å². The van der Waals surface area contributed by atoms with E-state index in [0.29, 0.717) is 20.0 Å². The van der Waals surface area contributed by atoms with Crippen molar-refractivity contribution in [3.8, 4) is 0 Å². The molecule has 0 nitrogen and oxygen atoms in total. The highest BCUT2D eigenvalue weighted by Gasteiger charge is 2.31. The summed E-state index contributed by atoms with van der Waals surface area (Å²) in [6.45, 7) is 6.98. The Kier molecular flexibility index (Phi) is 5.50. The van der Waals surface area contributed by atoms with Crippen LogP contribution in [0.5, 0.6) is 0 Å². The largest absolute Gasteiger partial charge is 0.142 e. The normalized spacial score (nSPS) is 24.5. The molecule has 0 N–H and O–H groups in total. The van der Waals surface area contributed by atoms with Crippen LogP contribution in [0, 0.1) is 11.3 Å². The maximum absolute atomic E-state index is 6.19. The molecule has 1 saturated heterocycles. The van der Waals surface area contributed by atoms with E-state index in [1.54, 1.807) is 0 Å². The summed E-state index contributed by atoms with van der Waals surface area (Å²) in [6.07, 6.45) is 0. The molecule has 5 heteroatoms. The van der Waals surface area contributed by atoms with Crippen molar-refractivity contribution in [2.75, 3.05) is 11.5 Å². The lowest BCUT2D eigenvalue weighted by atomic mass is 9.83. The molecule has 1 fully saturated rings.